The largest absolute Gasteiger partial charge is 0.302 e. The molecule has 8 heteroatoms. The summed E-state index contributed by atoms with van der Waals surface area (Å²) in [6.07, 6.45) is 0. The van der Waals surface area contributed by atoms with E-state index in [0.717, 1.165) is 46.2 Å². The standard InChI is InChI=1S/C23H33N5OS.ClH/c1-8-26(9-2)12-13-27(22(29)19-14-18(7)28(25-19)15(3)4)23-24-20-16(5)10-11-17(6)21(20)30-23;/h10-11,14-15H,8-9,12-13H2,1-7H3;1H. The molecule has 0 bridgehead atoms. The zero-order chi connectivity index (χ0) is 22.0. The number of benzene rings is 1. The summed E-state index contributed by atoms with van der Waals surface area (Å²) < 4.78 is 3.05. The van der Waals surface area contributed by atoms with E-state index in [0.29, 0.717) is 12.2 Å². The van der Waals surface area contributed by atoms with Gasteiger partial charge in [-0.3, -0.25) is 14.4 Å². The van der Waals surface area contributed by atoms with Crippen molar-refractivity contribution in [3.05, 3.63) is 40.7 Å². The number of amides is 1. The van der Waals surface area contributed by atoms with E-state index in [9.17, 15) is 4.79 Å². The Bertz CT molecular complexity index is 999. The first-order valence-corrected chi connectivity index (χ1v) is 11.6. The molecule has 0 aliphatic rings. The minimum absolute atomic E-state index is 0. The number of aryl methyl sites for hydroxylation is 3. The van der Waals surface area contributed by atoms with Gasteiger partial charge in [0.25, 0.3) is 5.91 Å². The first-order chi connectivity index (χ1) is 14.3. The predicted molar refractivity (Wildman–Crippen MR) is 133 cm³/mol. The molecule has 2 aromatic heterocycles. The van der Waals surface area contributed by atoms with E-state index in [4.69, 9.17) is 4.98 Å². The van der Waals surface area contributed by atoms with Crippen LogP contribution in [0.15, 0.2) is 18.2 Å². The molecule has 3 rings (SSSR count). The number of nitrogens with zero attached hydrogens (tertiary/aromatic N) is 5. The van der Waals surface area contributed by atoms with E-state index in [1.807, 2.05) is 22.6 Å². The third-order valence-corrected chi connectivity index (χ3v) is 6.79. The Morgan fingerprint density at radius 2 is 1.74 bits per heavy atom. The predicted octanol–water partition coefficient (Wildman–Crippen LogP) is 5.41. The Balaban J connectivity index is 0.00000341. The number of halogens is 1. The van der Waals surface area contributed by atoms with E-state index < -0.39 is 0 Å². The summed E-state index contributed by atoms with van der Waals surface area (Å²) in [5, 5.41) is 5.35. The van der Waals surface area contributed by atoms with Crippen LogP contribution in [-0.2, 0) is 0 Å². The number of aromatic nitrogens is 3. The molecule has 0 aliphatic carbocycles. The van der Waals surface area contributed by atoms with Gasteiger partial charge in [-0.25, -0.2) is 4.98 Å². The van der Waals surface area contributed by atoms with Gasteiger partial charge in [-0.1, -0.05) is 37.3 Å². The molecule has 170 valence electrons. The van der Waals surface area contributed by atoms with Gasteiger partial charge >= 0.3 is 0 Å². The molecule has 0 saturated carbocycles. The maximum absolute atomic E-state index is 13.6. The number of carbonyl (C=O) groups excluding carboxylic acids is 1. The quantitative estimate of drug-likeness (QED) is 0.448. The van der Waals surface area contributed by atoms with Crippen LogP contribution in [0.5, 0.6) is 0 Å². The van der Waals surface area contributed by atoms with Crippen molar-refractivity contribution in [2.45, 2.75) is 54.5 Å². The summed E-state index contributed by atoms with van der Waals surface area (Å²) in [6, 6.07) is 6.31. The maximum Gasteiger partial charge on any atom is 0.280 e. The summed E-state index contributed by atoms with van der Waals surface area (Å²) in [5.41, 5.74) is 4.78. The van der Waals surface area contributed by atoms with Gasteiger partial charge in [-0.15, -0.1) is 12.4 Å². The molecule has 1 amide bonds. The fraction of sp³-hybridized carbons (Fsp3) is 0.522. The highest BCUT2D eigenvalue weighted by atomic mass is 35.5. The van der Waals surface area contributed by atoms with Gasteiger partial charge < -0.3 is 4.90 Å². The van der Waals surface area contributed by atoms with Gasteiger partial charge in [0, 0.05) is 24.8 Å². The highest BCUT2D eigenvalue weighted by molar-refractivity contribution is 7.22. The zero-order valence-corrected chi connectivity index (χ0v) is 21.2. The van der Waals surface area contributed by atoms with Crippen LogP contribution >= 0.6 is 23.7 Å². The van der Waals surface area contributed by atoms with Crippen molar-refractivity contribution in [2.24, 2.45) is 0 Å². The molecule has 0 fully saturated rings. The number of fused-ring (bicyclic) bond motifs is 1. The number of rotatable bonds is 8. The number of hydrogen-bond acceptors (Lipinski definition) is 5. The lowest BCUT2D eigenvalue weighted by Crippen LogP contribution is -2.39. The number of hydrogen-bond donors (Lipinski definition) is 0. The molecule has 3 aromatic rings. The van der Waals surface area contributed by atoms with E-state index in [1.54, 1.807) is 11.3 Å². The summed E-state index contributed by atoms with van der Waals surface area (Å²) in [4.78, 5) is 22.6. The number of anilines is 1. The highest BCUT2D eigenvalue weighted by Crippen LogP contribution is 2.33. The molecule has 31 heavy (non-hydrogen) atoms. The molecule has 1 aromatic carbocycles. The number of carbonyl (C=O) groups is 1. The van der Waals surface area contributed by atoms with Crippen LogP contribution in [0.25, 0.3) is 10.2 Å². The zero-order valence-electron chi connectivity index (χ0n) is 19.6. The van der Waals surface area contributed by atoms with Gasteiger partial charge in [-0.05, 0) is 64.9 Å². The summed E-state index contributed by atoms with van der Waals surface area (Å²) >= 11 is 1.59. The Morgan fingerprint density at radius 1 is 1.10 bits per heavy atom. The molecule has 2 heterocycles. The molecule has 0 radical (unpaired) electrons. The fourth-order valence-corrected chi connectivity index (χ4v) is 4.82. The molecule has 0 spiro atoms. The highest BCUT2D eigenvalue weighted by Gasteiger charge is 2.25. The molecule has 0 unspecified atom stereocenters. The second-order valence-corrected chi connectivity index (χ2v) is 9.04. The normalized spacial score (nSPS) is 11.4. The minimum Gasteiger partial charge on any atom is -0.302 e. The Hall–Kier alpha value is -1.96. The molecule has 0 saturated heterocycles. The van der Waals surface area contributed by atoms with Crippen molar-refractivity contribution in [1.82, 2.24) is 19.7 Å². The Kier molecular flexibility index (Phi) is 8.63. The summed E-state index contributed by atoms with van der Waals surface area (Å²) in [5.74, 6) is -0.0842. The molecule has 0 aliphatic heterocycles. The van der Waals surface area contributed by atoms with E-state index in [1.165, 1.54) is 5.56 Å². The molecule has 0 N–H and O–H groups in total. The second-order valence-electron chi connectivity index (χ2n) is 8.07. The SMILES string of the molecule is CCN(CC)CCN(C(=O)c1cc(C)n(C(C)C)n1)c1nc2c(C)ccc(C)c2s1.Cl. The van der Waals surface area contributed by atoms with E-state index in [2.05, 4.69) is 63.7 Å². The van der Waals surface area contributed by atoms with Crippen molar-refractivity contribution in [3.63, 3.8) is 0 Å². The van der Waals surface area contributed by atoms with Crippen LogP contribution in [0.1, 0.15) is 61.0 Å². The van der Waals surface area contributed by atoms with Gasteiger partial charge in [0.05, 0.1) is 10.2 Å². The third kappa shape index (κ3) is 5.27. The van der Waals surface area contributed by atoms with E-state index >= 15 is 0 Å². The fourth-order valence-electron chi connectivity index (χ4n) is 3.68. The van der Waals surface area contributed by atoms with Crippen molar-refractivity contribution in [2.75, 3.05) is 31.1 Å². The second kappa shape index (κ2) is 10.6. The topological polar surface area (TPSA) is 54.3 Å². The van der Waals surface area contributed by atoms with Crippen molar-refractivity contribution in [3.8, 4) is 0 Å². The van der Waals surface area contributed by atoms with Crippen molar-refractivity contribution in [1.29, 1.82) is 0 Å². The van der Waals surface area contributed by atoms with Crippen molar-refractivity contribution < 1.29 is 4.79 Å². The average Bonchev–Trinajstić information content (AvgIpc) is 3.33. The van der Waals surface area contributed by atoms with Crippen molar-refractivity contribution >= 4 is 45.0 Å². The molecular formula is C23H34ClN5OS. The van der Waals surface area contributed by atoms with Crippen LogP contribution in [0.4, 0.5) is 5.13 Å². The van der Waals surface area contributed by atoms with Crippen LogP contribution < -0.4 is 4.90 Å². The minimum atomic E-state index is -0.0842. The summed E-state index contributed by atoms with van der Waals surface area (Å²) in [6.45, 7) is 17.9. The van der Waals surface area contributed by atoms with Gasteiger partial charge in [0.1, 0.15) is 0 Å². The third-order valence-electron chi connectivity index (χ3n) is 5.57. The average molecular weight is 464 g/mol. The molecule has 6 nitrogen and oxygen atoms in total. The van der Waals surface area contributed by atoms with Crippen LogP contribution in [0, 0.1) is 20.8 Å². The number of thiazole rings is 1. The Morgan fingerprint density at radius 3 is 2.29 bits per heavy atom. The smallest absolute Gasteiger partial charge is 0.280 e. The van der Waals surface area contributed by atoms with Gasteiger partial charge in [-0.2, -0.15) is 5.10 Å². The number of likely N-dealkylation sites (N-methyl/N-ethyl adjacent to an activating group) is 1. The van der Waals surface area contributed by atoms with Crippen LogP contribution in [0.3, 0.4) is 0 Å². The van der Waals surface area contributed by atoms with Crippen LogP contribution in [0.2, 0.25) is 0 Å². The van der Waals surface area contributed by atoms with E-state index in [-0.39, 0.29) is 24.4 Å². The first kappa shape index (κ1) is 25.3. The van der Waals surface area contributed by atoms with Gasteiger partial charge in [0.2, 0.25) is 0 Å². The lowest BCUT2D eigenvalue weighted by molar-refractivity contribution is 0.0978. The molecule has 0 atom stereocenters. The lowest BCUT2D eigenvalue weighted by Gasteiger charge is -2.24. The van der Waals surface area contributed by atoms with Crippen LogP contribution in [-0.4, -0.2) is 51.8 Å². The summed E-state index contributed by atoms with van der Waals surface area (Å²) in [7, 11) is 0. The monoisotopic (exact) mass is 463 g/mol. The van der Waals surface area contributed by atoms with Gasteiger partial charge in [0.15, 0.2) is 10.8 Å². The Labute approximate surface area is 195 Å². The lowest BCUT2D eigenvalue weighted by atomic mass is 10.1. The first-order valence-electron chi connectivity index (χ1n) is 10.7. The maximum atomic E-state index is 13.6. The molecular weight excluding hydrogens is 430 g/mol.